The molecule has 1 fully saturated rings. The Bertz CT molecular complexity index is 745. The zero-order valence-corrected chi connectivity index (χ0v) is 14.9. The van der Waals surface area contributed by atoms with Crippen LogP contribution in [-0.4, -0.2) is 37.1 Å². The van der Waals surface area contributed by atoms with Crippen molar-refractivity contribution in [3.05, 3.63) is 59.2 Å². The zero-order chi connectivity index (χ0) is 17.3. The molecule has 3 nitrogen and oxygen atoms in total. The van der Waals surface area contributed by atoms with Gasteiger partial charge in [0, 0.05) is 19.7 Å². The van der Waals surface area contributed by atoms with Gasteiger partial charge in [0.15, 0.2) is 0 Å². The molecule has 0 spiro atoms. The molecule has 0 radical (unpaired) electrons. The minimum absolute atomic E-state index is 0.0667. The van der Waals surface area contributed by atoms with Gasteiger partial charge in [-0.1, -0.05) is 35.9 Å². The van der Waals surface area contributed by atoms with Gasteiger partial charge in [-0.3, -0.25) is 4.79 Å². The van der Waals surface area contributed by atoms with Gasteiger partial charge in [0.2, 0.25) is 0 Å². The van der Waals surface area contributed by atoms with Gasteiger partial charge >= 0.3 is 0 Å². The summed E-state index contributed by atoms with van der Waals surface area (Å²) in [6.45, 7) is 4.82. The number of likely N-dealkylation sites (N-methyl/N-ethyl adjacent to an activating group) is 1. The highest BCUT2D eigenvalue weighted by Crippen LogP contribution is 2.41. The van der Waals surface area contributed by atoms with Gasteiger partial charge in [-0.05, 0) is 55.5 Å². The van der Waals surface area contributed by atoms with Gasteiger partial charge < -0.3 is 9.64 Å². The average molecular weight is 323 g/mol. The van der Waals surface area contributed by atoms with E-state index in [9.17, 15) is 4.79 Å². The van der Waals surface area contributed by atoms with Crippen LogP contribution in [0.3, 0.4) is 0 Å². The first-order chi connectivity index (χ1) is 11.5. The fraction of sp³-hybridized carbons (Fsp3) is 0.381. The number of carbonyl (C=O) groups excluding carboxylic acids is 1. The summed E-state index contributed by atoms with van der Waals surface area (Å²) >= 11 is 0. The fourth-order valence-electron chi connectivity index (χ4n) is 3.24. The van der Waals surface area contributed by atoms with Crippen LogP contribution < -0.4 is 0 Å². The van der Waals surface area contributed by atoms with Crippen LogP contribution in [0.25, 0.3) is 11.1 Å². The largest absolute Gasteiger partial charge is 0.382 e. The van der Waals surface area contributed by atoms with Crippen LogP contribution in [0.4, 0.5) is 0 Å². The molecular weight excluding hydrogens is 298 g/mol. The molecule has 2 aromatic rings. The monoisotopic (exact) mass is 323 g/mol. The molecule has 1 saturated carbocycles. The van der Waals surface area contributed by atoms with Crippen molar-refractivity contribution >= 4 is 5.91 Å². The molecule has 0 aromatic heterocycles. The number of benzene rings is 2. The van der Waals surface area contributed by atoms with Gasteiger partial charge in [-0.25, -0.2) is 0 Å². The lowest BCUT2D eigenvalue weighted by atomic mass is 9.97. The smallest absolute Gasteiger partial charge is 0.254 e. The number of carbonyl (C=O) groups is 1. The molecule has 0 heterocycles. The predicted octanol–water partition coefficient (Wildman–Crippen LogP) is 4.22. The number of nitrogens with zero attached hydrogens (tertiary/aromatic N) is 1. The highest BCUT2D eigenvalue weighted by Gasteiger charge is 2.48. The molecule has 3 heteroatoms. The van der Waals surface area contributed by atoms with E-state index in [0.29, 0.717) is 6.61 Å². The molecule has 126 valence electrons. The Morgan fingerprint density at radius 3 is 2.38 bits per heavy atom. The topological polar surface area (TPSA) is 29.5 Å². The van der Waals surface area contributed by atoms with Crippen molar-refractivity contribution < 1.29 is 9.53 Å². The summed E-state index contributed by atoms with van der Waals surface area (Å²) in [5, 5.41) is 0. The SMILES string of the molecule is COCC1(N(C)C(=O)c2ccc(-c3cc(C)ccc3C)cc2)CC1. The molecule has 0 unspecified atom stereocenters. The third-order valence-corrected chi connectivity index (χ3v) is 5.09. The van der Waals surface area contributed by atoms with Crippen molar-refractivity contribution in [2.24, 2.45) is 0 Å². The van der Waals surface area contributed by atoms with E-state index in [2.05, 4.69) is 32.0 Å². The third kappa shape index (κ3) is 3.09. The van der Waals surface area contributed by atoms with Gasteiger partial charge in [0.25, 0.3) is 5.91 Å². The maximum absolute atomic E-state index is 12.7. The Morgan fingerprint density at radius 1 is 1.12 bits per heavy atom. The van der Waals surface area contributed by atoms with Gasteiger partial charge in [0.05, 0.1) is 12.1 Å². The van der Waals surface area contributed by atoms with Crippen molar-refractivity contribution in [3.8, 4) is 11.1 Å². The molecule has 0 bridgehead atoms. The highest BCUT2D eigenvalue weighted by atomic mass is 16.5. The Balaban J connectivity index is 1.82. The summed E-state index contributed by atoms with van der Waals surface area (Å²) in [4.78, 5) is 14.6. The first-order valence-electron chi connectivity index (χ1n) is 8.42. The molecule has 24 heavy (non-hydrogen) atoms. The van der Waals surface area contributed by atoms with Crippen LogP contribution in [0.2, 0.25) is 0 Å². The lowest BCUT2D eigenvalue weighted by molar-refractivity contribution is 0.0551. The van der Waals surface area contributed by atoms with Gasteiger partial charge in [-0.2, -0.15) is 0 Å². The fourth-order valence-corrected chi connectivity index (χ4v) is 3.24. The normalized spacial score (nSPS) is 15.2. The summed E-state index contributed by atoms with van der Waals surface area (Å²) in [6.07, 6.45) is 2.04. The second-order valence-electron chi connectivity index (χ2n) is 6.92. The second-order valence-corrected chi connectivity index (χ2v) is 6.92. The Hall–Kier alpha value is -2.13. The summed E-state index contributed by atoms with van der Waals surface area (Å²) in [6, 6.07) is 14.4. The molecule has 2 aromatic carbocycles. The van der Waals surface area contributed by atoms with E-state index in [0.717, 1.165) is 24.0 Å². The van der Waals surface area contributed by atoms with Crippen LogP contribution in [0.5, 0.6) is 0 Å². The minimum Gasteiger partial charge on any atom is -0.382 e. The van der Waals surface area contributed by atoms with E-state index in [4.69, 9.17) is 4.74 Å². The quantitative estimate of drug-likeness (QED) is 0.824. The van der Waals surface area contributed by atoms with Gasteiger partial charge in [0.1, 0.15) is 0 Å². The van der Waals surface area contributed by atoms with Crippen LogP contribution >= 0.6 is 0 Å². The zero-order valence-electron chi connectivity index (χ0n) is 14.9. The van der Waals surface area contributed by atoms with Crippen molar-refractivity contribution in [2.45, 2.75) is 32.2 Å². The lowest BCUT2D eigenvalue weighted by Gasteiger charge is -2.27. The van der Waals surface area contributed by atoms with Gasteiger partial charge in [-0.15, -0.1) is 0 Å². The van der Waals surface area contributed by atoms with Crippen LogP contribution in [-0.2, 0) is 4.74 Å². The summed E-state index contributed by atoms with van der Waals surface area (Å²) in [5.74, 6) is 0.0667. The van der Waals surface area contributed by atoms with Crippen molar-refractivity contribution in [2.75, 3.05) is 20.8 Å². The van der Waals surface area contributed by atoms with E-state index >= 15 is 0 Å². The van der Waals surface area contributed by atoms with E-state index in [1.165, 1.54) is 16.7 Å². The average Bonchev–Trinajstić information content (AvgIpc) is 3.37. The van der Waals surface area contributed by atoms with E-state index < -0.39 is 0 Å². The number of hydrogen-bond donors (Lipinski definition) is 0. The molecule has 1 aliphatic carbocycles. The predicted molar refractivity (Wildman–Crippen MR) is 97.3 cm³/mol. The number of amides is 1. The maximum Gasteiger partial charge on any atom is 0.254 e. The Labute approximate surface area is 144 Å². The number of hydrogen-bond acceptors (Lipinski definition) is 2. The maximum atomic E-state index is 12.7. The van der Waals surface area contributed by atoms with E-state index in [1.54, 1.807) is 7.11 Å². The van der Waals surface area contributed by atoms with Crippen molar-refractivity contribution in [1.29, 1.82) is 0 Å². The first kappa shape index (κ1) is 16.7. The highest BCUT2D eigenvalue weighted by molar-refractivity contribution is 5.95. The second kappa shape index (κ2) is 6.40. The molecule has 1 amide bonds. The Kier molecular flexibility index (Phi) is 4.46. The molecule has 0 aliphatic heterocycles. The summed E-state index contributed by atoms with van der Waals surface area (Å²) in [5.41, 5.74) is 5.49. The van der Waals surface area contributed by atoms with E-state index in [1.807, 2.05) is 36.2 Å². The van der Waals surface area contributed by atoms with E-state index in [-0.39, 0.29) is 11.4 Å². The third-order valence-electron chi connectivity index (χ3n) is 5.09. The molecule has 0 atom stereocenters. The summed E-state index contributed by atoms with van der Waals surface area (Å²) in [7, 11) is 3.57. The number of methoxy groups -OCH3 is 1. The van der Waals surface area contributed by atoms with Crippen molar-refractivity contribution in [3.63, 3.8) is 0 Å². The number of aryl methyl sites for hydroxylation is 2. The first-order valence-corrected chi connectivity index (χ1v) is 8.42. The molecular formula is C21H25NO2. The van der Waals surface area contributed by atoms with Crippen molar-refractivity contribution in [1.82, 2.24) is 4.90 Å². The number of rotatable bonds is 5. The summed E-state index contributed by atoms with van der Waals surface area (Å²) < 4.78 is 5.28. The minimum atomic E-state index is -0.0996. The molecule has 3 rings (SSSR count). The van der Waals surface area contributed by atoms with Crippen LogP contribution in [0.1, 0.15) is 34.3 Å². The molecule has 0 saturated heterocycles. The molecule has 1 aliphatic rings. The Morgan fingerprint density at radius 2 is 1.79 bits per heavy atom. The van der Waals surface area contributed by atoms with Crippen LogP contribution in [0.15, 0.2) is 42.5 Å². The van der Waals surface area contributed by atoms with Crippen LogP contribution in [0, 0.1) is 13.8 Å². The number of ether oxygens (including phenoxy) is 1. The molecule has 0 N–H and O–H groups in total. The standard InChI is InChI=1S/C21H25NO2/c1-15-5-6-16(2)19(13-15)17-7-9-18(10-8-17)20(23)22(3)21(11-12-21)14-24-4/h5-10,13H,11-12,14H2,1-4H3. The lowest BCUT2D eigenvalue weighted by Crippen LogP contribution is -2.42.